The molecule has 6 heterocycles. The predicted molar refractivity (Wildman–Crippen MR) is 321 cm³/mol. The molecule has 6 nitrogen and oxygen atoms in total. The number of hydrogen-bond donors (Lipinski definition) is 0. The number of rotatable bonds is 4. The van der Waals surface area contributed by atoms with Gasteiger partial charge in [0.2, 0.25) is 5.69 Å². The van der Waals surface area contributed by atoms with Crippen molar-refractivity contribution in [3.63, 3.8) is 0 Å². The second kappa shape index (κ2) is 15.3. The van der Waals surface area contributed by atoms with E-state index in [2.05, 4.69) is 243 Å². The molecule has 0 spiro atoms. The Kier molecular flexibility index (Phi) is 8.36. The largest absolute Gasteiger partial charge is 0.317 e. The number of hydrogen-bond acceptors (Lipinski definition) is 3. The number of aromatic nitrogens is 4. The normalized spacial score (nSPS) is 12.2. The molecule has 0 saturated heterocycles. The first kappa shape index (κ1) is 41.5. The summed E-state index contributed by atoms with van der Waals surface area (Å²) >= 11 is 3.57. The summed E-state index contributed by atoms with van der Waals surface area (Å²) in [5, 5.41) is 25.8. The van der Waals surface area contributed by atoms with Gasteiger partial charge in [-0.3, -0.25) is 0 Å². The molecule has 76 heavy (non-hydrogen) atoms. The highest BCUT2D eigenvalue weighted by Crippen LogP contribution is 2.54. The topological polar surface area (TPSA) is 47.9 Å². The van der Waals surface area contributed by atoms with Gasteiger partial charge in [-0.25, -0.2) is 4.85 Å². The van der Waals surface area contributed by atoms with Gasteiger partial charge in [0.15, 0.2) is 0 Å². The molecule has 0 atom stereocenters. The van der Waals surface area contributed by atoms with Crippen LogP contribution >= 0.6 is 22.7 Å². The van der Waals surface area contributed by atoms with Crippen LogP contribution in [-0.4, -0.2) is 18.3 Å². The maximum absolute atomic E-state index is 12.8. The summed E-state index contributed by atoms with van der Waals surface area (Å²) in [7, 11) is 0. The standard InChI is InChI=1S/C68H36N6S2/c1-70-62-65(73-54-30-14-6-22-43(54)45-34-36-58-60(63(45)73)47-24-8-16-32-56(47)75-58)49(38-69)66(71-50-26-10-2-18-39(50)40-19-3-11-27-51(40)71)68(67(62)72-52-28-12-4-20-41(52)42-21-5-13-29-53(42)72)74-55-31-15-7-23-44(55)46-35-37-59-61(64(46)74)48-25-9-17-33-57(48)76-59/h2-37H. The third-order valence-corrected chi connectivity index (χ3v) is 18.3. The van der Waals surface area contributed by atoms with Gasteiger partial charge in [0, 0.05) is 83.4 Å². The van der Waals surface area contributed by atoms with E-state index in [0.29, 0.717) is 28.3 Å². The fraction of sp³-hybridized carbons (Fsp3) is 0. The lowest BCUT2D eigenvalue weighted by Crippen LogP contribution is -2.14. The van der Waals surface area contributed by atoms with Gasteiger partial charge in [0.05, 0.1) is 79.0 Å². The number of para-hydroxylation sites is 6. The summed E-state index contributed by atoms with van der Waals surface area (Å²) in [4.78, 5) is 4.87. The van der Waals surface area contributed by atoms with E-state index in [1.807, 2.05) is 0 Å². The molecule has 0 bridgehead atoms. The van der Waals surface area contributed by atoms with Gasteiger partial charge in [-0.1, -0.05) is 158 Å². The molecule has 11 aromatic carbocycles. The van der Waals surface area contributed by atoms with Crippen molar-refractivity contribution in [1.29, 1.82) is 5.26 Å². The molecule has 0 radical (unpaired) electrons. The average Bonchev–Trinajstić information content (AvgIpc) is 4.43. The zero-order valence-electron chi connectivity index (χ0n) is 40.3. The molecule has 17 aromatic rings. The predicted octanol–water partition coefficient (Wildman–Crippen LogP) is 19.2. The Balaban J connectivity index is 1.23. The average molecular weight is 1000 g/mol. The van der Waals surface area contributed by atoms with Crippen molar-refractivity contribution in [2.24, 2.45) is 0 Å². The summed E-state index contributed by atoms with van der Waals surface area (Å²) in [6.07, 6.45) is 0. The zero-order valence-corrected chi connectivity index (χ0v) is 41.9. The molecule has 0 unspecified atom stereocenters. The van der Waals surface area contributed by atoms with E-state index in [-0.39, 0.29) is 0 Å². The molecule has 0 aliphatic rings. The van der Waals surface area contributed by atoms with Gasteiger partial charge in [0.25, 0.3) is 0 Å². The summed E-state index contributed by atoms with van der Waals surface area (Å²) < 4.78 is 14.1. The maximum atomic E-state index is 12.8. The van der Waals surface area contributed by atoms with Gasteiger partial charge in [-0.2, -0.15) is 5.26 Å². The van der Waals surface area contributed by atoms with Crippen molar-refractivity contribution < 1.29 is 0 Å². The van der Waals surface area contributed by atoms with Crippen LogP contribution in [0.4, 0.5) is 5.69 Å². The molecule has 0 fully saturated rings. The van der Waals surface area contributed by atoms with Crippen LogP contribution in [0.15, 0.2) is 218 Å². The van der Waals surface area contributed by atoms with Gasteiger partial charge in [0.1, 0.15) is 6.07 Å². The maximum Gasteiger partial charge on any atom is 0.237 e. The first-order valence-electron chi connectivity index (χ1n) is 25.4. The lowest BCUT2D eigenvalue weighted by Gasteiger charge is -2.27. The minimum absolute atomic E-state index is 0.370. The van der Waals surface area contributed by atoms with Crippen molar-refractivity contribution in [2.75, 3.05) is 0 Å². The number of benzene rings is 11. The summed E-state index contributed by atoms with van der Waals surface area (Å²) in [6, 6.07) is 80.8. The second-order valence-corrected chi connectivity index (χ2v) is 21.8. The molecular weight excluding hydrogens is 965 g/mol. The Labute approximate surface area is 441 Å². The molecule has 0 aliphatic carbocycles. The lowest BCUT2D eigenvalue weighted by atomic mass is 10.0. The van der Waals surface area contributed by atoms with Gasteiger partial charge in [-0.05, 0) is 60.7 Å². The van der Waals surface area contributed by atoms with Crippen LogP contribution < -0.4 is 0 Å². The first-order valence-corrected chi connectivity index (χ1v) is 27.0. The fourth-order valence-corrected chi connectivity index (χ4v) is 15.3. The highest BCUT2D eigenvalue weighted by Gasteiger charge is 2.35. The van der Waals surface area contributed by atoms with Gasteiger partial charge >= 0.3 is 0 Å². The highest BCUT2D eigenvalue weighted by molar-refractivity contribution is 7.26. The van der Waals surface area contributed by atoms with Crippen LogP contribution in [0.25, 0.3) is 155 Å². The van der Waals surface area contributed by atoms with Crippen LogP contribution in [0.1, 0.15) is 5.56 Å². The molecule has 8 heteroatoms. The summed E-state index contributed by atoms with van der Waals surface area (Å²) in [5.41, 5.74) is 11.1. The highest BCUT2D eigenvalue weighted by atomic mass is 32.1. The third kappa shape index (κ3) is 5.26. The van der Waals surface area contributed by atoms with Crippen LogP contribution in [-0.2, 0) is 0 Å². The zero-order chi connectivity index (χ0) is 49.9. The smallest absolute Gasteiger partial charge is 0.237 e. The second-order valence-electron chi connectivity index (χ2n) is 19.7. The molecule has 0 saturated carbocycles. The van der Waals surface area contributed by atoms with Gasteiger partial charge < -0.3 is 18.3 Å². The molecule has 0 aliphatic heterocycles. The number of thiophene rings is 2. The van der Waals surface area contributed by atoms with E-state index in [0.717, 1.165) is 124 Å². The molecule has 6 aromatic heterocycles. The monoisotopic (exact) mass is 1000 g/mol. The van der Waals surface area contributed by atoms with Crippen LogP contribution in [0.2, 0.25) is 0 Å². The van der Waals surface area contributed by atoms with Crippen molar-refractivity contribution >= 4 is 156 Å². The number of nitrogens with zero attached hydrogens (tertiary/aromatic N) is 6. The first-order chi connectivity index (χ1) is 37.7. The molecule has 17 rings (SSSR count). The molecule has 0 N–H and O–H groups in total. The Morgan fingerprint density at radius 1 is 0.316 bits per heavy atom. The summed E-state index contributed by atoms with van der Waals surface area (Å²) in [5.74, 6) is 0. The Morgan fingerprint density at radius 2 is 0.645 bits per heavy atom. The van der Waals surface area contributed by atoms with Crippen LogP contribution in [0, 0.1) is 17.9 Å². The van der Waals surface area contributed by atoms with Gasteiger partial charge in [-0.15, -0.1) is 22.7 Å². The van der Waals surface area contributed by atoms with E-state index in [1.54, 1.807) is 22.7 Å². The number of fused-ring (bicyclic) bond motifs is 20. The van der Waals surface area contributed by atoms with E-state index in [4.69, 9.17) is 4.85 Å². The Bertz CT molecular complexity index is 5260. The van der Waals surface area contributed by atoms with E-state index >= 15 is 0 Å². The minimum atomic E-state index is 0.370. The molecule has 350 valence electrons. The third-order valence-electron chi connectivity index (χ3n) is 16.0. The van der Waals surface area contributed by atoms with E-state index in [1.165, 1.54) is 9.40 Å². The quantitative estimate of drug-likeness (QED) is 0.162. The van der Waals surface area contributed by atoms with Crippen molar-refractivity contribution in [2.45, 2.75) is 0 Å². The van der Waals surface area contributed by atoms with Crippen LogP contribution in [0.3, 0.4) is 0 Å². The number of nitriles is 1. The lowest BCUT2D eigenvalue weighted by molar-refractivity contribution is 1.04. The van der Waals surface area contributed by atoms with E-state index < -0.39 is 0 Å². The fourth-order valence-electron chi connectivity index (χ4n) is 13.1. The van der Waals surface area contributed by atoms with Crippen molar-refractivity contribution in [3.8, 4) is 28.8 Å². The Hall–Kier alpha value is -9.96. The van der Waals surface area contributed by atoms with Crippen molar-refractivity contribution in [1.82, 2.24) is 18.3 Å². The molecule has 0 amide bonds. The summed E-state index contributed by atoms with van der Waals surface area (Å²) in [6.45, 7) is 9.94. The molecular formula is C68H36N6S2. The van der Waals surface area contributed by atoms with E-state index in [9.17, 15) is 11.8 Å². The van der Waals surface area contributed by atoms with Crippen LogP contribution in [0.5, 0.6) is 0 Å². The SMILES string of the molecule is [C-]#[N+]c1c(-n2c3ccccc3c3ccccc32)c(-n2c3ccccc3c3ccc4sc5ccccc5c4c32)c(-n2c3ccccc3c3ccccc32)c(C#N)c1-n1c2ccccc2c2ccc3sc4ccccc4c3c21. The van der Waals surface area contributed by atoms with Crippen molar-refractivity contribution in [3.05, 3.63) is 235 Å². The minimum Gasteiger partial charge on any atom is -0.317 e. The Morgan fingerprint density at radius 3 is 1.04 bits per heavy atom.